The second-order valence-electron chi connectivity index (χ2n) is 3.62. The van der Waals surface area contributed by atoms with Gasteiger partial charge in [0.2, 0.25) is 5.82 Å². The number of nitrogens with one attached hydrogen (secondary N) is 1. The van der Waals surface area contributed by atoms with Crippen molar-refractivity contribution in [1.29, 1.82) is 0 Å². The van der Waals surface area contributed by atoms with Gasteiger partial charge in [0, 0.05) is 5.56 Å². The Balaban J connectivity index is 2.56. The number of H-pyrrole nitrogens is 1. The van der Waals surface area contributed by atoms with E-state index in [1.165, 1.54) is 12.1 Å². The molecule has 0 saturated heterocycles. The summed E-state index contributed by atoms with van der Waals surface area (Å²) >= 11 is 0. The Hall–Kier alpha value is -1.78. The lowest BCUT2D eigenvalue weighted by atomic mass is 9.97. The van der Waals surface area contributed by atoms with Gasteiger partial charge in [-0.15, -0.1) is 10.2 Å². The summed E-state index contributed by atoms with van der Waals surface area (Å²) < 4.78 is 13.1. The van der Waals surface area contributed by atoms with Gasteiger partial charge in [-0.2, -0.15) is 5.21 Å². The highest BCUT2D eigenvalue weighted by molar-refractivity contribution is 5.60. The predicted octanol–water partition coefficient (Wildman–Crippen LogP) is 2.13. The molecule has 0 aliphatic rings. The summed E-state index contributed by atoms with van der Waals surface area (Å²) in [5.74, 6) is 0.471. The van der Waals surface area contributed by atoms with Crippen LogP contribution in [-0.2, 0) is 0 Å². The normalized spacial score (nSPS) is 10.9. The molecule has 1 N–H and O–H groups in total. The van der Waals surface area contributed by atoms with Gasteiger partial charge in [-0.05, 0) is 34.9 Å². The van der Waals surface area contributed by atoms with Crippen molar-refractivity contribution >= 4 is 0 Å². The summed E-state index contributed by atoms with van der Waals surface area (Å²) in [7, 11) is 0. The first-order valence-corrected chi connectivity index (χ1v) is 4.71. The minimum atomic E-state index is -0.244. The first-order valence-electron chi connectivity index (χ1n) is 4.71. The van der Waals surface area contributed by atoms with Crippen LogP contribution in [0.1, 0.15) is 25.3 Å². The van der Waals surface area contributed by atoms with Gasteiger partial charge in [0.25, 0.3) is 0 Å². The molecular weight excluding hydrogens is 195 g/mol. The molecule has 1 heterocycles. The number of benzene rings is 1. The Morgan fingerprint density at radius 3 is 2.73 bits per heavy atom. The molecule has 5 heteroatoms. The third-order valence-electron chi connectivity index (χ3n) is 2.22. The van der Waals surface area contributed by atoms with Crippen LogP contribution in [0.2, 0.25) is 0 Å². The molecule has 0 aliphatic heterocycles. The standard InChI is InChI=1S/C10H11FN4/c1-6(2)9-5-7(11)3-4-8(9)10-12-14-15-13-10/h3-6H,1-2H3,(H,12,13,14,15). The van der Waals surface area contributed by atoms with E-state index in [9.17, 15) is 4.39 Å². The molecular formula is C10H11FN4. The average molecular weight is 206 g/mol. The Morgan fingerprint density at radius 2 is 2.13 bits per heavy atom. The lowest BCUT2D eigenvalue weighted by Crippen LogP contribution is -1.95. The Kier molecular flexibility index (Phi) is 2.45. The van der Waals surface area contributed by atoms with Gasteiger partial charge in [-0.1, -0.05) is 13.8 Å². The van der Waals surface area contributed by atoms with Crippen LogP contribution in [-0.4, -0.2) is 20.6 Å². The van der Waals surface area contributed by atoms with E-state index >= 15 is 0 Å². The summed E-state index contributed by atoms with van der Waals surface area (Å²) in [4.78, 5) is 0. The van der Waals surface area contributed by atoms with E-state index in [1.54, 1.807) is 6.07 Å². The first-order chi connectivity index (χ1) is 7.18. The van der Waals surface area contributed by atoms with E-state index in [0.717, 1.165) is 11.1 Å². The van der Waals surface area contributed by atoms with Crippen LogP contribution in [0.4, 0.5) is 4.39 Å². The van der Waals surface area contributed by atoms with Crippen molar-refractivity contribution in [1.82, 2.24) is 20.6 Å². The summed E-state index contributed by atoms with van der Waals surface area (Å²) in [6.45, 7) is 4.00. The van der Waals surface area contributed by atoms with E-state index in [4.69, 9.17) is 0 Å². The summed E-state index contributed by atoms with van der Waals surface area (Å²) in [6, 6.07) is 4.59. The minimum Gasteiger partial charge on any atom is -0.207 e. The molecule has 1 aromatic heterocycles. The largest absolute Gasteiger partial charge is 0.207 e. The molecule has 0 atom stereocenters. The van der Waals surface area contributed by atoms with Crippen LogP contribution in [0.15, 0.2) is 18.2 Å². The third-order valence-corrected chi connectivity index (χ3v) is 2.22. The highest BCUT2D eigenvalue weighted by Gasteiger charge is 2.12. The smallest absolute Gasteiger partial charge is 0.204 e. The lowest BCUT2D eigenvalue weighted by molar-refractivity contribution is 0.623. The molecule has 0 amide bonds. The fourth-order valence-corrected chi connectivity index (χ4v) is 1.49. The van der Waals surface area contributed by atoms with Gasteiger partial charge in [-0.3, -0.25) is 0 Å². The fourth-order valence-electron chi connectivity index (χ4n) is 1.49. The maximum atomic E-state index is 13.1. The maximum Gasteiger partial charge on any atom is 0.204 e. The van der Waals surface area contributed by atoms with Crippen LogP contribution < -0.4 is 0 Å². The third kappa shape index (κ3) is 1.86. The molecule has 0 unspecified atom stereocenters. The van der Waals surface area contributed by atoms with Crippen molar-refractivity contribution in [3.05, 3.63) is 29.6 Å². The molecule has 0 saturated carbocycles. The van der Waals surface area contributed by atoms with Crippen LogP contribution in [0, 0.1) is 5.82 Å². The van der Waals surface area contributed by atoms with Crippen molar-refractivity contribution in [2.45, 2.75) is 19.8 Å². The molecule has 78 valence electrons. The first kappa shape index (κ1) is 9.76. The van der Waals surface area contributed by atoms with E-state index in [0.29, 0.717) is 5.82 Å². The van der Waals surface area contributed by atoms with Gasteiger partial charge in [-0.25, -0.2) is 4.39 Å². The van der Waals surface area contributed by atoms with Crippen LogP contribution in [0.3, 0.4) is 0 Å². The number of aromatic amines is 1. The second kappa shape index (κ2) is 3.76. The van der Waals surface area contributed by atoms with E-state index < -0.39 is 0 Å². The predicted molar refractivity (Wildman–Crippen MR) is 53.7 cm³/mol. The number of aromatic nitrogens is 4. The minimum absolute atomic E-state index is 0.217. The van der Waals surface area contributed by atoms with Crippen molar-refractivity contribution < 1.29 is 4.39 Å². The van der Waals surface area contributed by atoms with Crippen LogP contribution in [0.5, 0.6) is 0 Å². The zero-order valence-electron chi connectivity index (χ0n) is 8.53. The van der Waals surface area contributed by atoms with E-state index in [-0.39, 0.29) is 11.7 Å². The van der Waals surface area contributed by atoms with E-state index in [1.807, 2.05) is 13.8 Å². The Labute approximate surface area is 86.5 Å². The summed E-state index contributed by atoms with van der Waals surface area (Å²) in [6.07, 6.45) is 0. The molecule has 0 bridgehead atoms. The highest BCUT2D eigenvalue weighted by atomic mass is 19.1. The molecule has 15 heavy (non-hydrogen) atoms. The van der Waals surface area contributed by atoms with E-state index in [2.05, 4.69) is 20.6 Å². The van der Waals surface area contributed by atoms with Gasteiger partial charge >= 0.3 is 0 Å². The van der Waals surface area contributed by atoms with Crippen molar-refractivity contribution in [2.24, 2.45) is 0 Å². The Bertz CT molecular complexity index is 450. The lowest BCUT2D eigenvalue weighted by Gasteiger charge is -2.09. The molecule has 0 fully saturated rings. The molecule has 0 radical (unpaired) electrons. The SMILES string of the molecule is CC(C)c1cc(F)ccc1-c1nn[nH]n1. The molecule has 1 aromatic carbocycles. The zero-order valence-corrected chi connectivity index (χ0v) is 8.53. The number of tetrazole rings is 1. The quantitative estimate of drug-likeness (QED) is 0.818. The topological polar surface area (TPSA) is 54.5 Å². The van der Waals surface area contributed by atoms with Gasteiger partial charge in [0.15, 0.2) is 0 Å². The van der Waals surface area contributed by atoms with Crippen molar-refractivity contribution in [2.75, 3.05) is 0 Å². The van der Waals surface area contributed by atoms with Gasteiger partial charge < -0.3 is 0 Å². The monoisotopic (exact) mass is 206 g/mol. The maximum absolute atomic E-state index is 13.1. The molecule has 4 nitrogen and oxygen atoms in total. The fraction of sp³-hybridized carbons (Fsp3) is 0.300. The molecule has 0 aliphatic carbocycles. The number of halogens is 1. The molecule has 2 aromatic rings. The summed E-state index contributed by atoms with van der Waals surface area (Å²) in [5, 5.41) is 13.7. The zero-order chi connectivity index (χ0) is 10.8. The average Bonchev–Trinajstić information content (AvgIpc) is 2.70. The van der Waals surface area contributed by atoms with Gasteiger partial charge in [0.1, 0.15) is 5.82 Å². The number of hydrogen-bond donors (Lipinski definition) is 1. The van der Waals surface area contributed by atoms with Gasteiger partial charge in [0.05, 0.1) is 0 Å². The number of hydrogen-bond acceptors (Lipinski definition) is 3. The van der Waals surface area contributed by atoms with Crippen molar-refractivity contribution in [3.63, 3.8) is 0 Å². The molecule has 2 rings (SSSR count). The van der Waals surface area contributed by atoms with Crippen LogP contribution in [0.25, 0.3) is 11.4 Å². The Morgan fingerprint density at radius 1 is 1.33 bits per heavy atom. The second-order valence-corrected chi connectivity index (χ2v) is 3.62. The number of rotatable bonds is 2. The number of nitrogens with zero attached hydrogens (tertiary/aromatic N) is 3. The van der Waals surface area contributed by atoms with Crippen molar-refractivity contribution in [3.8, 4) is 11.4 Å². The van der Waals surface area contributed by atoms with Crippen LogP contribution >= 0.6 is 0 Å². The molecule has 0 spiro atoms. The highest BCUT2D eigenvalue weighted by Crippen LogP contribution is 2.26. The summed E-state index contributed by atoms with van der Waals surface area (Å²) in [5.41, 5.74) is 1.71.